The average molecular weight is 744 g/mol. The second kappa shape index (κ2) is 14.3. The summed E-state index contributed by atoms with van der Waals surface area (Å²) in [7, 11) is 1.66. The molecule has 1 spiro atoms. The molecule has 12 bridgehead atoms. The fraction of sp³-hybridized carbons (Fsp3) is 0.878. The highest BCUT2D eigenvalue weighted by Crippen LogP contribution is 2.54. The van der Waals surface area contributed by atoms with Gasteiger partial charge in [-0.2, -0.15) is 0 Å². The molecule has 0 aromatic carbocycles. The van der Waals surface area contributed by atoms with Crippen molar-refractivity contribution < 1.29 is 52.5 Å². The third-order valence-electron chi connectivity index (χ3n) is 14.3. The molecule has 296 valence electrons. The molecule has 12 heteroatoms. The van der Waals surface area contributed by atoms with Gasteiger partial charge in [-0.05, 0) is 61.5 Å². The van der Waals surface area contributed by atoms with Gasteiger partial charge in [0, 0.05) is 58.1 Å². The number of aliphatic hydroxyl groups is 1. The molecule has 53 heavy (non-hydrogen) atoms. The molecule has 12 nitrogen and oxygen atoms in total. The van der Waals surface area contributed by atoms with Gasteiger partial charge in [-0.15, -0.1) is 0 Å². The molecule has 0 radical (unpaired) electrons. The standard InChI is InChI=1S/C41H61NO11/c1-20-12-25-10-11-41-18-33-36(52-41)37-38(51-33)39(53-41)35-29(50-37)9-6-24(48-35)13-22(43)14-27-31(49-32(34(27)45-5)15-23(44)19-42)16-30-21(2)40(3,4)17-26(47-30)7-8-28(20)46-25/h23-39,44H,1-2,6-19,42H2,3-5H3/t23-,24+,25-,26?,27-,28?,29-,30?,31-,32+,33+,34+,35-,36-,37-,38+,39-,41-/m0/s1. The Bertz CT molecular complexity index is 1420. The SMILES string of the molecule is C=C1C[C@@H]2CC[C@@]34C[C@H]5O[C@H]6[C@@H](O3)[C@H]3O[C@H](CC[C@@H]3O[C@H]6[C@H]5O4)CC(=O)C[C@@H]3[C@@H](OC)[C@@H](C[C@H](O)CN)O[C@H]3CC3OC(CCC1O2)CC(C)(C)C3=C. The van der Waals surface area contributed by atoms with Gasteiger partial charge in [0.05, 0.1) is 67.1 Å². The molecular weight excluding hydrogens is 682 g/mol. The summed E-state index contributed by atoms with van der Waals surface area (Å²) in [6.45, 7) is 13.6. The zero-order valence-corrected chi connectivity index (χ0v) is 31.7. The molecule has 10 saturated heterocycles. The fourth-order valence-corrected chi connectivity index (χ4v) is 11.5. The second-order valence-corrected chi connectivity index (χ2v) is 18.3. The van der Waals surface area contributed by atoms with Crippen LogP contribution in [0.25, 0.3) is 0 Å². The Morgan fingerprint density at radius 1 is 0.792 bits per heavy atom. The van der Waals surface area contributed by atoms with E-state index in [4.69, 9.17) is 48.4 Å². The lowest BCUT2D eigenvalue weighted by atomic mass is 9.73. The number of rotatable bonds is 4. The fourth-order valence-electron chi connectivity index (χ4n) is 11.5. The first-order valence-corrected chi connectivity index (χ1v) is 20.5. The maximum Gasteiger partial charge on any atom is 0.172 e. The van der Waals surface area contributed by atoms with Gasteiger partial charge in [-0.3, -0.25) is 4.79 Å². The third-order valence-corrected chi connectivity index (χ3v) is 14.3. The highest BCUT2D eigenvalue weighted by Gasteiger charge is 2.68. The van der Waals surface area contributed by atoms with Crippen molar-refractivity contribution in [1.29, 1.82) is 0 Å². The van der Waals surface area contributed by atoms with Crippen LogP contribution in [0, 0.1) is 11.3 Å². The second-order valence-electron chi connectivity index (χ2n) is 18.3. The monoisotopic (exact) mass is 743 g/mol. The van der Waals surface area contributed by atoms with Gasteiger partial charge in [0.15, 0.2) is 5.79 Å². The largest absolute Gasteiger partial charge is 0.392 e. The van der Waals surface area contributed by atoms with E-state index in [-0.39, 0.29) is 122 Å². The van der Waals surface area contributed by atoms with Gasteiger partial charge in [-0.25, -0.2) is 0 Å². The van der Waals surface area contributed by atoms with Gasteiger partial charge < -0.3 is 53.5 Å². The van der Waals surface area contributed by atoms with E-state index in [0.717, 1.165) is 56.1 Å². The van der Waals surface area contributed by atoms with E-state index in [9.17, 15) is 9.90 Å². The summed E-state index contributed by atoms with van der Waals surface area (Å²) in [5.41, 5.74) is 7.86. The van der Waals surface area contributed by atoms with Gasteiger partial charge in [0.1, 0.15) is 36.3 Å². The molecule has 10 rings (SSSR count). The number of ether oxygens (including phenoxy) is 9. The van der Waals surface area contributed by atoms with E-state index < -0.39 is 18.0 Å². The Hall–Kier alpha value is -1.29. The minimum atomic E-state index is -0.784. The van der Waals surface area contributed by atoms with Crippen LogP contribution in [0.1, 0.15) is 97.3 Å². The van der Waals surface area contributed by atoms with Crippen LogP contribution in [0.5, 0.6) is 0 Å². The maximum absolute atomic E-state index is 14.1. The van der Waals surface area contributed by atoms with Crippen LogP contribution in [0.2, 0.25) is 0 Å². The third kappa shape index (κ3) is 6.83. The predicted octanol–water partition coefficient (Wildman–Crippen LogP) is 3.83. The zero-order valence-electron chi connectivity index (χ0n) is 31.7. The predicted molar refractivity (Wildman–Crippen MR) is 191 cm³/mol. The number of ketones is 1. The van der Waals surface area contributed by atoms with Crippen molar-refractivity contribution in [2.24, 2.45) is 17.1 Å². The quantitative estimate of drug-likeness (QED) is 0.404. The summed E-state index contributed by atoms with van der Waals surface area (Å²) in [6, 6.07) is 0. The molecule has 10 fully saturated rings. The average Bonchev–Trinajstić information content (AvgIpc) is 3.79. The first-order valence-electron chi connectivity index (χ1n) is 20.5. The Labute approximate surface area is 313 Å². The number of fused-ring (bicyclic) bond motifs is 6. The van der Waals surface area contributed by atoms with Crippen molar-refractivity contribution in [2.45, 2.75) is 201 Å². The Balaban J connectivity index is 1.00. The molecule has 18 atom stereocenters. The smallest absolute Gasteiger partial charge is 0.172 e. The normalized spacial score (nSPS) is 51.2. The van der Waals surface area contributed by atoms with Crippen LogP contribution in [-0.2, 0) is 47.4 Å². The van der Waals surface area contributed by atoms with E-state index in [1.165, 1.54) is 0 Å². The van der Waals surface area contributed by atoms with E-state index >= 15 is 0 Å². The van der Waals surface area contributed by atoms with Crippen LogP contribution < -0.4 is 5.73 Å². The topological polar surface area (TPSA) is 146 Å². The van der Waals surface area contributed by atoms with Crippen molar-refractivity contribution >= 4 is 5.78 Å². The van der Waals surface area contributed by atoms with E-state index in [1.54, 1.807) is 7.11 Å². The van der Waals surface area contributed by atoms with E-state index in [1.807, 2.05) is 0 Å². The van der Waals surface area contributed by atoms with Gasteiger partial charge in [0.25, 0.3) is 0 Å². The Morgan fingerprint density at radius 3 is 2.34 bits per heavy atom. The molecule has 0 saturated carbocycles. The summed E-state index contributed by atoms with van der Waals surface area (Å²) in [6.07, 6.45) is 4.60. The number of nitrogens with two attached hydrogens (primary N) is 1. The van der Waals surface area contributed by atoms with Crippen LogP contribution in [0.4, 0.5) is 0 Å². The molecule has 3 unspecified atom stereocenters. The van der Waals surface area contributed by atoms with Crippen molar-refractivity contribution in [3.63, 3.8) is 0 Å². The van der Waals surface area contributed by atoms with Gasteiger partial charge in [-0.1, -0.05) is 27.0 Å². The highest BCUT2D eigenvalue weighted by molar-refractivity contribution is 5.79. The number of carbonyl (C=O) groups excluding carboxylic acids is 1. The summed E-state index contributed by atoms with van der Waals surface area (Å²) in [5, 5.41) is 10.6. The summed E-state index contributed by atoms with van der Waals surface area (Å²) in [4.78, 5) is 14.1. The van der Waals surface area contributed by atoms with Crippen molar-refractivity contribution in [1.82, 2.24) is 0 Å². The van der Waals surface area contributed by atoms with Gasteiger partial charge >= 0.3 is 0 Å². The number of hydrogen-bond acceptors (Lipinski definition) is 12. The Morgan fingerprint density at radius 2 is 1.53 bits per heavy atom. The number of methoxy groups -OCH3 is 1. The zero-order chi connectivity index (χ0) is 36.8. The first kappa shape index (κ1) is 37.3. The first-order chi connectivity index (χ1) is 25.4. The highest BCUT2D eigenvalue weighted by atomic mass is 16.8. The lowest BCUT2D eigenvalue weighted by Crippen LogP contribution is -2.61. The van der Waals surface area contributed by atoms with Crippen LogP contribution >= 0.6 is 0 Å². The molecule has 0 amide bonds. The van der Waals surface area contributed by atoms with Crippen molar-refractivity contribution in [3.8, 4) is 0 Å². The number of aliphatic hydroxyl groups excluding tert-OH is 1. The van der Waals surface area contributed by atoms with Crippen LogP contribution in [0.15, 0.2) is 24.3 Å². The lowest BCUT2D eigenvalue weighted by Gasteiger charge is -2.47. The van der Waals surface area contributed by atoms with Gasteiger partial charge in [0.2, 0.25) is 0 Å². The summed E-state index contributed by atoms with van der Waals surface area (Å²) < 4.78 is 60.2. The maximum atomic E-state index is 14.1. The van der Waals surface area contributed by atoms with Crippen molar-refractivity contribution in [2.75, 3.05) is 13.7 Å². The van der Waals surface area contributed by atoms with E-state index in [0.29, 0.717) is 25.7 Å². The summed E-state index contributed by atoms with van der Waals surface area (Å²) in [5.74, 6) is -0.919. The molecule has 10 aliphatic heterocycles. The van der Waals surface area contributed by atoms with Crippen LogP contribution in [0.3, 0.4) is 0 Å². The minimum Gasteiger partial charge on any atom is -0.392 e. The molecule has 0 aromatic heterocycles. The molecular formula is C41H61NO11. The molecule has 0 aliphatic carbocycles. The van der Waals surface area contributed by atoms with Crippen LogP contribution in [-0.4, -0.2) is 128 Å². The Kier molecular flexibility index (Phi) is 10.0. The molecule has 10 heterocycles. The lowest BCUT2D eigenvalue weighted by molar-refractivity contribution is -0.292. The molecule has 10 aliphatic rings. The number of carbonyl (C=O) groups is 1. The number of Topliss-reactive ketones (excluding diaryl/α,β-unsaturated/α-hetero) is 1. The molecule has 0 aromatic rings. The summed E-state index contributed by atoms with van der Waals surface area (Å²) >= 11 is 0. The van der Waals surface area contributed by atoms with E-state index in [2.05, 4.69) is 27.0 Å². The molecule has 3 N–H and O–H groups in total. The van der Waals surface area contributed by atoms with Crippen molar-refractivity contribution in [3.05, 3.63) is 24.3 Å². The number of hydrogen-bond donors (Lipinski definition) is 2. The minimum absolute atomic E-state index is 0.0127.